The van der Waals surface area contributed by atoms with Gasteiger partial charge in [-0.2, -0.15) is 0 Å². The smallest absolute Gasteiger partial charge is 0.314 e. The van der Waals surface area contributed by atoms with Crippen LogP contribution in [-0.2, 0) is 4.79 Å². The van der Waals surface area contributed by atoms with Crippen molar-refractivity contribution >= 4 is 17.4 Å². The fourth-order valence-corrected chi connectivity index (χ4v) is 3.29. The van der Waals surface area contributed by atoms with Crippen molar-refractivity contribution in [2.75, 3.05) is 24.8 Å². The fourth-order valence-electron chi connectivity index (χ4n) is 3.29. The largest absolute Gasteiger partial charge is 0.454 e. The van der Waals surface area contributed by atoms with Gasteiger partial charge in [0.15, 0.2) is 23.0 Å². The van der Waals surface area contributed by atoms with Gasteiger partial charge >= 0.3 is 5.97 Å². The van der Waals surface area contributed by atoms with Crippen LogP contribution in [0, 0.1) is 5.92 Å². The van der Waals surface area contributed by atoms with Gasteiger partial charge in [-0.25, -0.2) is 0 Å². The van der Waals surface area contributed by atoms with Crippen molar-refractivity contribution in [2.24, 2.45) is 5.92 Å². The highest BCUT2D eigenvalue weighted by Crippen LogP contribution is 2.35. The maximum Gasteiger partial charge on any atom is 0.314 e. The predicted molar refractivity (Wildman–Crippen MR) is 91.7 cm³/mol. The molecule has 0 radical (unpaired) electrons. The summed E-state index contributed by atoms with van der Waals surface area (Å²) in [5, 5.41) is 15.6. The zero-order valence-corrected chi connectivity index (χ0v) is 14.3. The summed E-state index contributed by atoms with van der Waals surface area (Å²) in [6.07, 6.45) is 1.39. The number of rotatable bonds is 3. The molecule has 0 bridgehead atoms. The summed E-state index contributed by atoms with van der Waals surface area (Å²) in [5.41, 5.74) is 0.598. The summed E-state index contributed by atoms with van der Waals surface area (Å²) in [7, 11) is 0. The Bertz CT molecular complexity index is 998. The third-order valence-electron chi connectivity index (χ3n) is 4.77. The molecule has 0 spiro atoms. The van der Waals surface area contributed by atoms with Crippen LogP contribution in [0.5, 0.6) is 17.2 Å². The quantitative estimate of drug-likeness (QED) is 0.496. The van der Waals surface area contributed by atoms with E-state index in [1.165, 1.54) is 4.63 Å². The summed E-state index contributed by atoms with van der Waals surface area (Å²) >= 11 is 0. The second kappa shape index (κ2) is 6.38. The van der Waals surface area contributed by atoms with Gasteiger partial charge in [0.25, 0.3) is 0 Å². The summed E-state index contributed by atoms with van der Waals surface area (Å²) in [6.45, 7) is 1.61. The number of hydrogen-bond donors (Lipinski definition) is 0. The second-order valence-electron chi connectivity index (χ2n) is 6.42. The molecular weight excluding hydrogens is 352 g/mol. The van der Waals surface area contributed by atoms with Crippen LogP contribution < -0.4 is 19.1 Å². The molecule has 2 aromatic heterocycles. The van der Waals surface area contributed by atoms with Crippen LogP contribution in [0.2, 0.25) is 0 Å². The Labute approximate surface area is 153 Å². The minimum absolute atomic E-state index is 0.150. The molecule has 138 valence electrons. The number of tetrazole rings is 1. The lowest BCUT2D eigenvalue weighted by atomic mass is 9.97. The summed E-state index contributed by atoms with van der Waals surface area (Å²) < 4.78 is 17.5. The molecule has 4 heterocycles. The van der Waals surface area contributed by atoms with Crippen LogP contribution in [0.1, 0.15) is 12.8 Å². The number of carbonyl (C=O) groups excluding carboxylic acids is 1. The van der Waals surface area contributed by atoms with Gasteiger partial charge in [-0.05, 0) is 47.5 Å². The minimum Gasteiger partial charge on any atom is -0.454 e. The molecule has 5 rings (SSSR count). The van der Waals surface area contributed by atoms with Crippen LogP contribution in [0.3, 0.4) is 0 Å². The highest BCUT2D eigenvalue weighted by atomic mass is 16.7. The first-order chi connectivity index (χ1) is 13.3. The third kappa shape index (κ3) is 2.98. The molecule has 2 aliphatic heterocycles. The maximum atomic E-state index is 12.5. The maximum absolute atomic E-state index is 12.5. The van der Waals surface area contributed by atoms with E-state index in [1.54, 1.807) is 18.2 Å². The standard InChI is InChI=1S/C17H16N6O4/c24-17(27-12-1-2-13-14(9-12)26-10-25-13)11-5-7-22(8-6-11)16-4-3-15-18-20-21-23(15)19-16/h1-4,9,11H,5-8,10H2. The lowest BCUT2D eigenvalue weighted by molar-refractivity contribution is -0.139. The number of fused-ring (bicyclic) bond motifs is 2. The average Bonchev–Trinajstić information content (AvgIpc) is 3.36. The first-order valence-corrected chi connectivity index (χ1v) is 8.68. The molecule has 1 fully saturated rings. The van der Waals surface area contributed by atoms with Gasteiger partial charge < -0.3 is 19.1 Å². The van der Waals surface area contributed by atoms with Crippen LogP contribution in [0.4, 0.5) is 5.82 Å². The van der Waals surface area contributed by atoms with E-state index in [-0.39, 0.29) is 18.7 Å². The van der Waals surface area contributed by atoms with E-state index in [0.29, 0.717) is 48.8 Å². The number of nitrogens with zero attached hydrogens (tertiary/aromatic N) is 6. The van der Waals surface area contributed by atoms with Gasteiger partial charge in [-0.15, -0.1) is 14.8 Å². The van der Waals surface area contributed by atoms with Crippen LogP contribution in [0.25, 0.3) is 5.65 Å². The number of aromatic nitrogens is 5. The number of anilines is 1. The van der Waals surface area contributed by atoms with Crippen LogP contribution in [-0.4, -0.2) is 51.1 Å². The monoisotopic (exact) mass is 368 g/mol. The summed E-state index contributed by atoms with van der Waals surface area (Å²) in [5.74, 6) is 2.14. The highest BCUT2D eigenvalue weighted by molar-refractivity contribution is 5.75. The molecule has 0 unspecified atom stereocenters. The number of hydrogen-bond acceptors (Lipinski definition) is 9. The van der Waals surface area contributed by atoms with Gasteiger partial charge in [0.05, 0.1) is 5.92 Å². The van der Waals surface area contributed by atoms with Gasteiger partial charge in [0.1, 0.15) is 5.75 Å². The van der Waals surface area contributed by atoms with E-state index in [0.717, 1.165) is 5.82 Å². The third-order valence-corrected chi connectivity index (χ3v) is 4.77. The number of ether oxygens (including phenoxy) is 3. The Morgan fingerprint density at radius 1 is 1.11 bits per heavy atom. The van der Waals surface area contributed by atoms with Crippen LogP contribution >= 0.6 is 0 Å². The van der Waals surface area contributed by atoms with E-state index in [1.807, 2.05) is 12.1 Å². The Balaban J connectivity index is 1.21. The van der Waals surface area contributed by atoms with Crippen molar-refractivity contribution in [3.8, 4) is 17.2 Å². The van der Waals surface area contributed by atoms with Crippen molar-refractivity contribution in [2.45, 2.75) is 12.8 Å². The molecule has 10 heteroatoms. The SMILES string of the molecule is O=C(Oc1ccc2c(c1)OCO2)C1CCN(c2ccc3nnnn3n2)CC1. The van der Waals surface area contributed by atoms with Crippen molar-refractivity contribution in [3.63, 3.8) is 0 Å². The van der Waals surface area contributed by atoms with E-state index >= 15 is 0 Å². The molecule has 0 N–H and O–H groups in total. The van der Waals surface area contributed by atoms with E-state index in [2.05, 4.69) is 25.5 Å². The number of piperidine rings is 1. The molecule has 0 atom stereocenters. The molecule has 3 aromatic rings. The second-order valence-corrected chi connectivity index (χ2v) is 6.42. The van der Waals surface area contributed by atoms with E-state index in [9.17, 15) is 4.79 Å². The average molecular weight is 368 g/mol. The summed E-state index contributed by atoms with van der Waals surface area (Å²) in [4.78, 5) is 14.6. The number of benzene rings is 1. The number of carbonyl (C=O) groups is 1. The van der Waals surface area contributed by atoms with Crippen molar-refractivity contribution in [3.05, 3.63) is 30.3 Å². The molecule has 2 aliphatic rings. The van der Waals surface area contributed by atoms with Crippen molar-refractivity contribution < 1.29 is 19.0 Å². The van der Waals surface area contributed by atoms with Gasteiger partial charge in [-0.3, -0.25) is 4.79 Å². The zero-order valence-electron chi connectivity index (χ0n) is 14.3. The zero-order chi connectivity index (χ0) is 18.2. The molecule has 0 saturated carbocycles. The first kappa shape index (κ1) is 15.8. The molecule has 0 aliphatic carbocycles. The predicted octanol–water partition coefficient (Wildman–Crippen LogP) is 1.07. The highest BCUT2D eigenvalue weighted by Gasteiger charge is 2.28. The van der Waals surface area contributed by atoms with E-state index < -0.39 is 0 Å². The molecule has 10 nitrogen and oxygen atoms in total. The Kier molecular flexibility index (Phi) is 3.73. The topological polar surface area (TPSA) is 104 Å². The fraction of sp³-hybridized carbons (Fsp3) is 0.353. The van der Waals surface area contributed by atoms with Crippen molar-refractivity contribution in [1.82, 2.24) is 25.3 Å². The molecule has 1 aromatic carbocycles. The Morgan fingerprint density at radius 3 is 2.85 bits per heavy atom. The van der Waals surface area contributed by atoms with Crippen molar-refractivity contribution in [1.29, 1.82) is 0 Å². The van der Waals surface area contributed by atoms with Crippen LogP contribution in [0.15, 0.2) is 30.3 Å². The minimum atomic E-state index is -0.225. The molecule has 1 saturated heterocycles. The normalized spacial score (nSPS) is 16.7. The molecule has 27 heavy (non-hydrogen) atoms. The lowest BCUT2D eigenvalue weighted by Crippen LogP contribution is -2.38. The molecular formula is C17H16N6O4. The summed E-state index contributed by atoms with van der Waals surface area (Å²) in [6, 6.07) is 8.85. The Hall–Kier alpha value is -3.43. The molecule has 0 amide bonds. The van der Waals surface area contributed by atoms with E-state index in [4.69, 9.17) is 14.2 Å². The lowest BCUT2D eigenvalue weighted by Gasteiger charge is -2.31. The number of esters is 1. The van der Waals surface area contributed by atoms with Gasteiger partial charge in [0.2, 0.25) is 6.79 Å². The van der Waals surface area contributed by atoms with Gasteiger partial charge in [0, 0.05) is 19.2 Å². The Morgan fingerprint density at radius 2 is 1.96 bits per heavy atom. The van der Waals surface area contributed by atoms with Gasteiger partial charge in [-0.1, -0.05) is 0 Å². The first-order valence-electron chi connectivity index (χ1n) is 8.68.